The fourth-order valence-corrected chi connectivity index (χ4v) is 6.39. The van der Waals surface area contributed by atoms with Crippen LogP contribution in [-0.2, 0) is 33.8 Å². The van der Waals surface area contributed by atoms with Crippen molar-refractivity contribution in [2.75, 3.05) is 20.3 Å². The van der Waals surface area contributed by atoms with Gasteiger partial charge in [-0.2, -0.15) is 0 Å². The molecule has 40 heavy (non-hydrogen) atoms. The van der Waals surface area contributed by atoms with Gasteiger partial charge in [0.15, 0.2) is 20.0 Å². The van der Waals surface area contributed by atoms with Gasteiger partial charge >= 0.3 is 7.82 Å². The third-order valence-corrected chi connectivity index (χ3v) is 13.3. The quantitative estimate of drug-likeness (QED) is 0.120. The molecule has 0 aliphatic carbocycles. The van der Waals surface area contributed by atoms with E-state index in [4.69, 9.17) is 18.0 Å². The van der Waals surface area contributed by atoms with Crippen molar-refractivity contribution in [1.82, 2.24) is 4.90 Å². The normalized spacial score (nSPS) is 14.3. The number of hydrogen-bond donors (Lipinski definition) is 0. The number of halogens is 2. The lowest BCUT2D eigenvalue weighted by molar-refractivity contribution is -0.132. The molecule has 1 atom stereocenters. The zero-order valence-electron chi connectivity index (χ0n) is 26.7. The minimum atomic E-state index is -3.85. The van der Waals surface area contributed by atoms with Crippen LogP contribution in [-0.4, -0.2) is 56.6 Å². The Labute approximate surface area is 242 Å². The average molecular weight is 608 g/mol. The van der Waals surface area contributed by atoms with Crippen LogP contribution < -0.4 is 0 Å². The monoisotopic (exact) mass is 607 g/mol. The van der Waals surface area contributed by atoms with E-state index in [-0.39, 0.29) is 42.0 Å². The van der Waals surface area contributed by atoms with Crippen LogP contribution in [0, 0.1) is 11.6 Å². The maximum atomic E-state index is 14.1. The van der Waals surface area contributed by atoms with Crippen LogP contribution in [0.4, 0.5) is 8.78 Å². The van der Waals surface area contributed by atoms with Gasteiger partial charge in [-0.25, -0.2) is 13.3 Å². The predicted molar refractivity (Wildman–Crippen MR) is 159 cm³/mol. The van der Waals surface area contributed by atoms with Crippen molar-refractivity contribution in [2.24, 2.45) is 0 Å². The van der Waals surface area contributed by atoms with E-state index >= 15 is 0 Å². The van der Waals surface area contributed by atoms with E-state index in [2.05, 4.69) is 33.9 Å². The van der Waals surface area contributed by atoms with Crippen LogP contribution >= 0.6 is 7.82 Å². The van der Waals surface area contributed by atoms with Gasteiger partial charge in [-0.3, -0.25) is 18.4 Å². The molecule has 0 spiro atoms. The van der Waals surface area contributed by atoms with Gasteiger partial charge in [0.25, 0.3) is 0 Å². The van der Waals surface area contributed by atoms with Gasteiger partial charge in [-0.1, -0.05) is 32.9 Å². The number of rotatable bonds is 14. The molecular formula is C29H52F2NO6PSi. The fraction of sp³-hybridized carbons (Fsp3) is 0.759. The molecule has 1 amide bonds. The molecule has 0 radical (unpaired) electrons. The number of phosphoric ester groups is 1. The second-order valence-electron chi connectivity index (χ2n) is 13.8. The second-order valence-corrected chi connectivity index (χ2v) is 20.1. The lowest BCUT2D eigenvalue weighted by Crippen LogP contribution is -2.47. The van der Waals surface area contributed by atoms with Gasteiger partial charge in [0.2, 0.25) is 5.91 Å². The highest BCUT2D eigenvalue weighted by molar-refractivity contribution is 7.48. The Bertz CT molecular complexity index is 997. The Morgan fingerprint density at radius 1 is 1.00 bits per heavy atom. The number of phosphoric acid groups is 1. The largest absolute Gasteiger partial charge is 0.475 e. The van der Waals surface area contributed by atoms with Crippen LogP contribution in [0.3, 0.4) is 0 Å². The first-order valence-electron chi connectivity index (χ1n) is 13.9. The molecule has 0 saturated carbocycles. The summed E-state index contributed by atoms with van der Waals surface area (Å²) >= 11 is 0. The van der Waals surface area contributed by atoms with Crippen molar-refractivity contribution in [3.63, 3.8) is 0 Å². The van der Waals surface area contributed by atoms with E-state index in [1.165, 1.54) is 12.1 Å². The number of carbonyl (C=O) groups excluding carboxylic acids is 1. The summed E-state index contributed by atoms with van der Waals surface area (Å²) in [5, 5.41) is -0.0145. The highest BCUT2D eigenvalue weighted by Gasteiger charge is 2.39. The Kier molecular flexibility index (Phi) is 13.2. The lowest BCUT2D eigenvalue weighted by atomic mass is 10.1. The SMILES string of the molecule is CN(C(=O)CCc1cccc(F)c1F)[C@@H](CCCOP(=O)(OC(C)(C)C)OC(C)(C)C)CO[Si](C)(C)C(C)(C)C. The number of aryl methyl sites for hydroxylation is 1. The number of nitrogens with zero attached hydrogens (tertiary/aromatic N) is 1. The third-order valence-electron chi connectivity index (χ3n) is 6.73. The summed E-state index contributed by atoms with van der Waals surface area (Å²) in [6, 6.07) is 3.68. The standard InChI is InChI=1S/C29H52F2NO6PSi/c1-27(2,3)37-39(34,38-28(4,5)6)35-20-14-16-23(21-36-40(11,12)29(7,8)9)32(10)25(33)19-18-22-15-13-17-24(30)26(22)31/h13,15,17,23H,14,16,18-21H2,1-12H3/t23-/m0/s1. The van der Waals surface area contributed by atoms with Crippen molar-refractivity contribution in [1.29, 1.82) is 0 Å². The maximum absolute atomic E-state index is 14.1. The number of carbonyl (C=O) groups is 1. The first-order chi connectivity index (χ1) is 18.0. The van der Waals surface area contributed by atoms with Gasteiger partial charge in [0.05, 0.1) is 30.5 Å². The summed E-state index contributed by atoms with van der Waals surface area (Å²) in [5.74, 6) is -2.05. The lowest BCUT2D eigenvalue weighted by Gasteiger charge is -2.39. The molecule has 0 bridgehead atoms. The Hall–Kier alpha value is -1.16. The Balaban J connectivity index is 2.97. The molecule has 7 nitrogen and oxygen atoms in total. The average Bonchev–Trinajstić information content (AvgIpc) is 2.75. The maximum Gasteiger partial charge on any atom is 0.475 e. The minimum absolute atomic E-state index is 0.0145. The van der Waals surface area contributed by atoms with Crippen molar-refractivity contribution in [3.8, 4) is 0 Å². The van der Waals surface area contributed by atoms with E-state index in [1.807, 2.05) is 0 Å². The molecule has 1 aromatic rings. The Morgan fingerprint density at radius 2 is 1.55 bits per heavy atom. The first-order valence-corrected chi connectivity index (χ1v) is 18.3. The van der Waals surface area contributed by atoms with Crippen LogP contribution in [0.1, 0.15) is 87.1 Å². The molecule has 0 unspecified atom stereocenters. The van der Waals surface area contributed by atoms with E-state index in [9.17, 15) is 18.1 Å². The van der Waals surface area contributed by atoms with Gasteiger partial charge < -0.3 is 9.33 Å². The molecule has 0 aromatic heterocycles. The van der Waals surface area contributed by atoms with Crippen molar-refractivity contribution in [2.45, 2.75) is 123 Å². The number of amides is 1. The number of benzene rings is 1. The van der Waals surface area contributed by atoms with Crippen LogP contribution in [0.25, 0.3) is 0 Å². The van der Waals surface area contributed by atoms with Crippen molar-refractivity contribution >= 4 is 22.0 Å². The zero-order chi connectivity index (χ0) is 31.2. The molecule has 0 aliphatic rings. The summed E-state index contributed by atoms with van der Waals surface area (Å²) in [6.45, 7) is 21.8. The first kappa shape index (κ1) is 36.9. The molecule has 1 aromatic carbocycles. The third kappa shape index (κ3) is 12.8. The second kappa shape index (κ2) is 14.3. The Morgan fingerprint density at radius 3 is 2.05 bits per heavy atom. The summed E-state index contributed by atoms with van der Waals surface area (Å²) in [6.07, 6.45) is 1.09. The topological polar surface area (TPSA) is 74.3 Å². The molecule has 0 fully saturated rings. The molecule has 11 heteroatoms. The zero-order valence-corrected chi connectivity index (χ0v) is 28.5. The molecular weight excluding hydrogens is 555 g/mol. The van der Waals surface area contributed by atoms with Crippen molar-refractivity contribution in [3.05, 3.63) is 35.4 Å². The van der Waals surface area contributed by atoms with E-state index < -0.39 is 39.0 Å². The van der Waals surface area contributed by atoms with Gasteiger partial charge in [0, 0.05) is 13.5 Å². The molecule has 0 heterocycles. The van der Waals surface area contributed by atoms with Crippen molar-refractivity contribution < 1.29 is 36.1 Å². The predicted octanol–water partition coefficient (Wildman–Crippen LogP) is 8.28. The summed E-state index contributed by atoms with van der Waals surface area (Å²) in [7, 11) is -4.27. The molecule has 232 valence electrons. The molecule has 1 rings (SSSR count). The number of hydrogen-bond acceptors (Lipinski definition) is 6. The van der Waals surface area contributed by atoms with Gasteiger partial charge in [0.1, 0.15) is 0 Å². The fourth-order valence-electron chi connectivity index (χ4n) is 3.51. The smallest absolute Gasteiger partial charge is 0.415 e. The van der Waals surface area contributed by atoms with Gasteiger partial charge in [-0.15, -0.1) is 0 Å². The van der Waals surface area contributed by atoms with E-state index in [0.29, 0.717) is 19.4 Å². The highest BCUT2D eigenvalue weighted by Crippen LogP contribution is 2.55. The van der Waals surface area contributed by atoms with Crippen LogP contribution in [0.15, 0.2) is 18.2 Å². The number of likely N-dealkylation sites (N-methyl/N-ethyl adjacent to an activating group) is 1. The van der Waals surface area contributed by atoms with Crippen LogP contribution in [0.2, 0.25) is 18.1 Å². The summed E-state index contributed by atoms with van der Waals surface area (Å²) < 4.78 is 64.6. The van der Waals surface area contributed by atoms with Gasteiger partial charge in [-0.05, 0) is 90.6 Å². The highest BCUT2D eigenvalue weighted by atomic mass is 31.2. The van der Waals surface area contributed by atoms with E-state index in [0.717, 1.165) is 6.07 Å². The molecule has 0 N–H and O–H groups in total. The van der Waals surface area contributed by atoms with Crippen LogP contribution in [0.5, 0.6) is 0 Å². The minimum Gasteiger partial charge on any atom is -0.415 e. The molecule has 0 aliphatic heterocycles. The summed E-state index contributed by atoms with van der Waals surface area (Å²) in [4.78, 5) is 14.7. The molecule has 0 saturated heterocycles. The van der Waals surface area contributed by atoms with E-state index in [1.54, 1.807) is 53.5 Å². The summed E-state index contributed by atoms with van der Waals surface area (Å²) in [5.41, 5.74) is -1.32.